The third-order valence-corrected chi connectivity index (χ3v) is 4.90. The van der Waals surface area contributed by atoms with Gasteiger partial charge in [-0.25, -0.2) is 4.39 Å². The van der Waals surface area contributed by atoms with E-state index in [2.05, 4.69) is 5.32 Å². The van der Waals surface area contributed by atoms with Gasteiger partial charge in [-0.15, -0.1) is 0 Å². The van der Waals surface area contributed by atoms with Crippen molar-refractivity contribution in [3.05, 3.63) is 0 Å². The van der Waals surface area contributed by atoms with Gasteiger partial charge in [0.05, 0.1) is 18.6 Å². The molecule has 1 N–H and O–H groups in total. The molecule has 3 atom stereocenters. The fourth-order valence-electron chi connectivity index (χ4n) is 3.44. The van der Waals surface area contributed by atoms with Gasteiger partial charge < -0.3 is 19.7 Å². The largest absolute Gasteiger partial charge is 0.383 e. The number of halogens is 1. The maximum absolute atomic E-state index is 14.0. The molecule has 124 valence electrons. The Morgan fingerprint density at radius 3 is 2.86 bits per heavy atom. The third kappa shape index (κ3) is 2.96. The van der Waals surface area contributed by atoms with Crippen LogP contribution in [0.4, 0.5) is 4.39 Å². The van der Waals surface area contributed by atoms with Crippen LogP contribution in [0.15, 0.2) is 0 Å². The van der Waals surface area contributed by atoms with Gasteiger partial charge in [-0.2, -0.15) is 0 Å². The Hall–Kier alpha value is -1.21. The molecule has 0 radical (unpaired) electrons. The van der Waals surface area contributed by atoms with Crippen LogP contribution in [0.25, 0.3) is 0 Å². The minimum atomic E-state index is -1.69. The van der Waals surface area contributed by atoms with Crippen molar-refractivity contribution in [1.82, 2.24) is 10.2 Å². The Kier molecular flexibility index (Phi) is 4.36. The van der Waals surface area contributed by atoms with Crippen molar-refractivity contribution in [3.63, 3.8) is 0 Å². The highest BCUT2D eigenvalue weighted by molar-refractivity contribution is 5.89. The molecule has 0 aromatic carbocycles. The highest BCUT2D eigenvalue weighted by Gasteiger charge is 2.55. The van der Waals surface area contributed by atoms with Crippen molar-refractivity contribution < 1.29 is 23.5 Å². The fraction of sp³-hybridized carbons (Fsp3) is 0.867. The van der Waals surface area contributed by atoms with E-state index in [1.165, 1.54) is 4.90 Å². The van der Waals surface area contributed by atoms with Crippen molar-refractivity contribution in [2.45, 2.75) is 31.0 Å². The zero-order valence-electron chi connectivity index (χ0n) is 12.8. The number of carbonyl (C=O) groups excluding carboxylic acids is 2. The lowest BCUT2D eigenvalue weighted by atomic mass is 9.82. The zero-order chi connectivity index (χ0) is 15.7. The molecule has 0 unspecified atom stereocenters. The molecule has 7 heteroatoms. The molecule has 2 amide bonds. The molecule has 3 rings (SSSR count). The van der Waals surface area contributed by atoms with Gasteiger partial charge in [0.2, 0.25) is 5.91 Å². The Bertz CT molecular complexity index is 455. The van der Waals surface area contributed by atoms with Gasteiger partial charge in [-0.1, -0.05) is 0 Å². The second-order valence-electron chi connectivity index (χ2n) is 6.43. The van der Waals surface area contributed by atoms with Gasteiger partial charge in [0, 0.05) is 39.3 Å². The van der Waals surface area contributed by atoms with Gasteiger partial charge in [0.25, 0.3) is 5.91 Å². The normalized spacial score (nSPS) is 32.5. The molecule has 1 aliphatic carbocycles. The highest BCUT2D eigenvalue weighted by atomic mass is 19.1. The number of methoxy groups -OCH3 is 1. The molecule has 6 nitrogen and oxygen atoms in total. The van der Waals surface area contributed by atoms with E-state index in [1.807, 2.05) is 0 Å². The maximum Gasteiger partial charge on any atom is 0.260 e. The number of nitrogens with zero attached hydrogens (tertiary/aromatic N) is 1. The summed E-state index contributed by atoms with van der Waals surface area (Å²) < 4.78 is 24.6. The Balaban J connectivity index is 1.67. The number of hydrogen-bond acceptors (Lipinski definition) is 4. The first-order chi connectivity index (χ1) is 10.5. The van der Waals surface area contributed by atoms with Crippen LogP contribution in [0.5, 0.6) is 0 Å². The lowest BCUT2D eigenvalue weighted by molar-refractivity contribution is -0.147. The summed E-state index contributed by atoms with van der Waals surface area (Å²) in [5.41, 5.74) is -1.69. The van der Waals surface area contributed by atoms with Crippen molar-refractivity contribution >= 4 is 11.8 Å². The van der Waals surface area contributed by atoms with Gasteiger partial charge >= 0.3 is 0 Å². The first kappa shape index (κ1) is 15.7. The third-order valence-electron chi connectivity index (χ3n) is 4.90. The molecule has 2 saturated heterocycles. The van der Waals surface area contributed by atoms with Crippen LogP contribution in [0.1, 0.15) is 19.3 Å². The topological polar surface area (TPSA) is 67.9 Å². The number of rotatable bonds is 5. The number of ether oxygens (including phenoxy) is 2. The molecule has 1 saturated carbocycles. The van der Waals surface area contributed by atoms with Gasteiger partial charge in [0.15, 0.2) is 5.67 Å². The van der Waals surface area contributed by atoms with E-state index in [4.69, 9.17) is 9.47 Å². The predicted octanol–water partition coefficient (Wildman–Crippen LogP) is 0.115. The molecular formula is C15H23FN2O4. The molecule has 2 aliphatic heterocycles. The zero-order valence-corrected chi connectivity index (χ0v) is 12.8. The van der Waals surface area contributed by atoms with Crippen molar-refractivity contribution in [1.29, 1.82) is 0 Å². The summed E-state index contributed by atoms with van der Waals surface area (Å²) >= 11 is 0. The molecule has 3 fully saturated rings. The van der Waals surface area contributed by atoms with Crippen LogP contribution in [0.3, 0.4) is 0 Å². The highest BCUT2D eigenvalue weighted by Crippen LogP contribution is 2.43. The number of amides is 2. The monoisotopic (exact) mass is 314 g/mol. The number of piperidine rings is 1. The smallest absolute Gasteiger partial charge is 0.260 e. The first-order valence-electron chi connectivity index (χ1n) is 7.92. The van der Waals surface area contributed by atoms with Gasteiger partial charge in [0.1, 0.15) is 0 Å². The quantitative estimate of drug-likeness (QED) is 0.732. The van der Waals surface area contributed by atoms with Crippen molar-refractivity contribution in [2.24, 2.45) is 11.8 Å². The Morgan fingerprint density at radius 1 is 1.41 bits per heavy atom. The minimum Gasteiger partial charge on any atom is -0.383 e. The SMILES string of the molecule is COCCNC(=O)[C@@H]1CN(C(=O)C2(F)CC2)C[C@H]2OCC[C@H]21. The van der Waals surface area contributed by atoms with Crippen molar-refractivity contribution in [2.75, 3.05) is 40.0 Å². The molecule has 2 heterocycles. The second-order valence-corrected chi connectivity index (χ2v) is 6.43. The first-order valence-corrected chi connectivity index (χ1v) is 7.92. The summed E-state index contributed by atoms with van der Waals surface area (Å²) in [6.07, 6.45) is 1.25. The summed E-state index contributed by atoms with van der Waals surface area (Å²) in [5, 5.41) is 2.83. The van der Waals surface area contributed by atoms with E-state index in [1.54, 1.807) is 7.11 Å². The van der Waals surface area contributed by atoms with Crippen LogP contribution in [0.2, 0.25) is 0 Å². The number of likely N-dealkylation sites (tertiary alicyclic amines) is 1. The second kappa shape index (κ2) is 6.12. The van der Waals surface area contributed by atoms with E-state index in [0.29, 0.717) is 39.1 Å². The standard InChI is InChI=1S/C15H23FN2O4/c1-21-7-5-17-13(19)11-8-18(14(20)15(16)3-4-15)9-12-10(11)2-6-22-12/h10-12H,2-9H2,1H3,(H,17,19)/t10-,11+,12+/m0/s1. The molecule has 3 aliphatic rings. The number of alkyl halides is 1. The summed E-state index contributed by atoms with van der Waals surface area (Å²) in [6, 6.07) is 0. The van der Waals surface area contributed by atoms with Crippen LogP contribution >= 0.6 is 0 Å². The van der Waals surface area contributed by atoms with Gasteiger partial charge in [-0.3, -0.25) is 9.59 Å². The predicted molar refractivity (Wildman–Crippen MR) is 75.9 cm³/mol. The summed E-state index contributed by atoms with van der Waals surface area (Å²) in [5.74, 6) is -0.791. The number of nitrogens with one attached hydrogen (secondary N) is 1. The molecule has 0 aromatic heterocycles. The fourth-order valence-corrected chi connectivity index (χ4v) is 3.44. The van der Waals surface area contributed by atoms with Crippen LogP contribution < -0.4 is 5.32 Å². The average Bonchev–Trinajstić information content (AvgIpc) is 3.09. The lowest BCUT2D eigenvalue weighted by Crippen LogP contribution is -2.56. The summed E-state index contributed by atoms with van der Waals surface area (Å²) in [4.78, 5) is 26.1. The Labute approximate surface area is 129 Å². The lowest BCUT2D eigenvalue weighted by Gasteiger charge is -2.39. The van der Waals surface area contributed by atoms with E-state index in [9.17, 15) is 14.0 Å². The summed E-state index contributed by atoms with van der Waals surface area (Å²) in [7, 11) is 1.57. The number of hydrogen-bond donors (Lipinski definition) is 1. The van der Waals surface area contributed by atoms with Gasteiger partial charge in [-0.05, 0) is 19.3 Å². The van der Waals surface area contributed by atoms with E-state index in [-0.39, 0.29) is 30.4 Å². The molecule has 0 bridgehead atoms. The number of carbonyl (C=O) groups is 2. The maximum atomic E-state index is 14.0. The Morgan fingerprint density at radius 2 is 2.18 bits per heavy atom. The average molecular weight is 314 g/mol. The van der Waals surface area contributed by atoms with E-state index >= 15 is 0 Å². The molecule has 22 heavy (non-hydrogen) atoms. The molecule has 0 aromatic rings. The van der Waals surface area contributed by atoms with Crippen LogP contribution in [0, 0.1) is 11.8 Å². The van der Waals surface area contributed by atoms with Crippen molar-refractivity contribution in [3.8, 4) is 0 Å². The molecular weight excluding hydrogens is 291 g/mol. The minimum absolute atomic E-state index is 0.0984. The van der Waals surface area contributed by atoms with E-state index in [0.717, 1.165) is 6.42 Å². The number of fused-ring (bicyclic) bond motifs is 1. The molecule has 0 spiro atoms. The van der Waals surface area contributed by atoms with E-state index < -0.39 is 11.6 Å². The van der Waals surface area contributed by atoms with Crippen LogP contribution in [-0.2, 0) is 19.1 Å². The summed E-state index contributed by atoms with van der Waals surface area (Å²) in [6.45, 7) is 2.16. The van der Waals surface area contributed by atoms with Crippen LogP contribution in [-0.4, -0.2) is 68.4 Å².